The summed E-state index contributed by atoms with van der Waals surface area (Å²) in [5, 5.41) is 13.2. The van der Waals surface area contributed by atoms with Crippen molar-refractivity contribution < 1.29 is 63.4 Å². The fourth-order valence-electron chi connectivity index (χ4n) is 0. The standard InChI is InChI=1S/CH3N2O.Rb/c2-1-3-4;/h1H,(H2-,2,3,4);/q-1;+1. The van der Waals surface area contributed by atoms with Gasteiger partial charge >= 0.3 is 58.2 Å². The van der Waals surface area contributed by atoms with E-state index in [1.807, 2.05) is 0 Å². The number of hydrogen-bond acceptors (Lipinski definition) is 2. The Balaban J connectivity index is 0. The van der Waals surface area contributed by atoms with Crippen molar-refractivity contribution in [1.82, 2.24) is 0 Å². The normalized spacial score (nSPS) is 4.20. The van der Waals surface area contributed by atoms with Crippen LogP contribution in [0.3, 0.4) is 0 Å². The first-order valence-corrected chi connectivity index (χ1v) is 0.747. The molecule has 0 rings (SSSR count). The molecule has 0 aromatic rings. The number of nitrogens with zero attached hydrogens (tertiary/aromatic N) is 1. The van der Waals surface area contributed by atoms with Gasteiger partial charge in [0, 0.05) is 0 Å². The Hall–Kier alpha value is 1.24. The van der Waals surface area contributed by atoms with Crippen molar-refractivity contribution in [3.63, 3.8) is 0 Å². The fraction of sp³-hybridized carbons (Fsp3) is 0. The molecule has 0 saturated carbocycles. The Morgan fingerprint density at radius 1 is 1.80 bits per heavy atom. The molecule has 0 amide bonds. The van der Waals surface area contributed by atoms with Crippen LogP contribution in [0, 0.1) is 5.41 Å². The summed E-state index contributed by atoms with van der Waals surface area (Å²) in [4.78, 5) is 0. The predicted octanol–water partition coefficient (Wildman–Crippen LogP) is -2.64. The molecule has 0 aliphatic rings. The van der Waals surface area contributed by atoms with Crippen LogP contribution in [0.25, 0.3) is 5.48 Å². The van der Waals surface area contributed by atoms with Gasteiger partial charge in [-0.2, -0.15) is 0 Å². The average molecular weight is 145 g/mol. The van der Waals surface area contributed by atoms with Crippen LogP contribution >= 0.6 is 0 Å². The molecule has 0 aliphatic carbocycles. The molecular formula is CH3N2ORb. The van der Waals surface area contributed by atoms with Crippen molar-refractivity contribution in [2.24, 2.45) is 0 Å². The zero-order valence-electron chi connectivity index (χ0n) is 2.97. The minimum atomic E-state index is 0. The summed E-state index contributed by atoms with van der Waals surface area (Å²) >= 11 is 0. The van der Waals surface area contributed by atoms with Crippen LogP contribution in [-0.4, -0.2) is 11.5 Å². The summed E-state index contributed by atoms with van der Waals surface area (Å²) in [7, 11) is 0. The molecule has 0 spiro atoms. The van der Waals surface area contributed by atoms with Crippen LogP contribution in [0.4, 0.5) is 0 Å². The van der Waals surface area contributed by atoms with E-state index in [9.17, 15) is 0 Å². The molecule has 0 saturated heterocycles. The molecule has 24 valence electrons. The van der Waals surface area contributed by atoms with Crippen molar-refractivity contribution in [2.45, 2.75) is 0 Å². The van der Waals surface area contributed by atoms with Gasteiger partial charge in [0.25, 0.3) is 0 Å². The maximum atomic E-state index is 7.26. The van der Waals surface area contributed by atoms with Crippen molar-refractivity contribution in [3.05, 3.63) is 5.48 Å². The first-order chi connectivity index (χ1) is 1.91. The third-order valence-corrected chi connectivity index (χ3v) is 0.0577. The van der Waals surface area contributed by atoms with Gasteiger partial charge in [-0.15, -0.1) is 0 Å². The van der Waals surface area contributed by atoms with E-state index in [1.54, 1.807) is 0 Å². The fourth-order valence-corrected chi connectivity index (χ4v) is 0. The molecular weight excluding hydrogens is 141 g/mol. The second-order valence-electron chi connectivity index (χ2n) is 0.245. The number of hydrogen-bond donors (Lipinski definition) is 2. The van der Waals surface area contributed by atoms with Crippen molar-refractivity contribution >= 4 is 6.34 Å². The Labute approximate surface area is 79.0 Å². The van der Waals surface area contributed by atoms with Gasteiger partial charge in [-0.25, -0.2) is 0 Å². The van der Waals surface area contributed by atoms with Crippen LogP contribution in [0.2, 0.25) is 0 Å². The quantitative estimate of drug-likeness (QED) is 0.236. The third kappa shape index (κ3) is 11.0. The van der Waals surface area contributed by atoms with E-state index < -0.39 is 0 Å². The molecule has 3 nitrogen and oxygen atoms in total. The van der Waals surface area contributed by atoms with Crippen LogP contribution < -0.4 is 58.2 Å². The van der Waals surface area contributed by atoms with E-state index in [1.165, 1.54) is 0 Å². The van der Waals surface area contributed by atoms with Crippen molar-refractivity contribution in [1.29, 1.82) is 5.41 Å². The van der Waals surface area contributed by atoms with E-state index in [0.717, 1.165) is 0 Å². The summed E-state index contributed by atoms with van der Waals surface area (Å²) in [5.41, 5.74) is 2.28. The largest absolute Gasteiger partial charge is 1.00 e. The molecule has 0 fully saturated rings. The maximum absolute atomic E-state index is 7.26. The Bertz CT molecular complexity index is 23.6. The van der Waals surface area contributed by atoms with Gasteiger partial charge in [0.15, 0.2) is 0 Å². The van der Waals surface area contributed by atoms with Gasteiger partial charge in [0.1, 0.15) is 0 Å². The topological polar surface area (TPSA) is 58.2 Å². The van der Waals surface area contributed by atoms with Gasteiger partial charge in [-0.1, -0.05) is 6.34 Å². The minimum absolute atomic E-state index is 0. The zero-order valence-corrected chi connectivity index (χ0v) is 7.89. The van der Waals surface area contributed by atoms with E-state index in [4.69, 9.17) is 10.6 Å². The SMILES string of the molecule is N=C[N-]O.[Rb+]. The van der Waals surface area contributed by atoms with Crippen LogP contribution in [0.15, 0.2) is 0 Å². The summed E-state index contributed by atoms with van der Waals surface area (Å²) < 4.78 is 0. The van der Waals surface area contributed by atoms with E-state index in [0.29, 0.717) is 6.34 Å². The van der Waals surface area contributed by atoms with E-state index in [2.05, 4.69) is 5.48 Å². The Morgan fingerprint density at radius 2 is 2.00 bits per heavy atom. The molecule has 5 heavy (non-hydrogen) atoms. The summed E-state index contributed by atoms with van der Waals surface area (Å²) in [6.45, 7) is 0. The minimum Gasteiger partial charge on any atom is -0.487 e. The monoisotopic (exact) mass is 144 g/mol. The second-order valence-corrected chi connectivity index (χ2v) is 0.245. The number of nitrogens with one attached hydrogen (secondary N) is 1. The second kappa shape index (κ2) is 8.97. The molecule has 0 aromatic carbocycles. The van der Waals surface area contributed by atoms with Crippen LogP contribution in [-0.2, 0) is 0 Å². The first-order valence-electron chi connectivity index (χ1n) is 0.747. The van der Waals surface area contributed by atoms with Crippen molar-refractivity contribution in [3.8, 4) is 0 Å². The van der Waals surface area contributed by atoms with E-state index >= 15 is 0 Å². The van der Waals surface area contributed by atoms with Gasteiger partial charge in [-0.3, -0.25) is 0 Å². The molecule has 0 bridgehead atoms. The molecule has 0 heterocycles. The number of rotatable bonds is 1. The Morgan fingerprint density at radius 3 is 2.00 bits per heavy atom. The molecule has 4 heteroatoms. The van der Waals surface area contributed by atoms with Gasteiger partial charge in [0.05, 0.1) is 0 Å². The van der Waals surface area contributed by atoms with Crippen LogP contribution in [0.5, 0.6) is 0 Å². The first kappa shape index (κ1) is 9.53. The predicted molar refractivity (Wildman–Crippen MR) is 13.9 cm³/mol. The molecule has 0 radical (unpaired) electrons. The summed E-state index contributed by atoms with van der Waals surface area (Å²) in [6, 6.07) is 0. The third-order valence-electron chi connectivity index (χ3n) is 0.0577. The molecule has 0 aromatic heterocycles. The van der Waals surface area contributed by atoms with Crippen LogP contribution in [0.1, 0.15) is 0 Å². The smallest absolute Gasteiger partial charge is 0.487 e. The summed E-state index contributed by atoms with van der Waals surface area (Å²) in [6.07, 6.45) is 0.556. The Kier molecular flexibility index (Phi) is 17.1. The van der Waals surface area contributed by atoms with Gasteiger partial charge in [-0.05, 0) is 0 Å². The molecule has 0 aliphatic heterocycles. The maximum Gasteiger partial charge on any atom is 1.00 e. The molecule has 0 unspecified atom stereocenters. The average Bonchev–Trinajstić information content (AvgIpc) is 1.37. The molecule has 2 N–H and O–H groups in total. The van der Waals surface area contributed by atoms with Crippen molar-refractivity contribution in [2.75, 3.05) is 0 Å². The zero-order chi connectivity index (χ0) is 3.41. The van der Waals surface area contributed by atoms with Gasteiger partial charge in [0.2, 0.25) is 0 Å². The number of hydroxylamine groups is 1. The summed E-state index contributed by atoms with van der Waals surface area (Å²) in [5.74, 6) is 0. The molecule has 0 atom stereocenters. The van der Waals surface area contributed by atoms with E-state index in [-0.39, 0.29) is 58.2 Å². The van der Waals surface area contributed by atoms with Gasteiger partial charge < -0.3 is 16.1 Å².